The Kier molecular flexibility index (Phi) is 11.3. The van der Waals surface area contributed by atoms with Crippen molar-refractivity contribution in [1.29, 1.82) is 0 Å². The Morgan fingerprint density at radius 1 is 0.805 bits per heavy atom. The predicted molar refractivity (Wildman–Crippen MR) is 164 cm³/mol. The van der Waals surface area contributed by atoms with Crippen molar-refractivity contribution in [3.8, 4) is 11.1 Å². The minimum Gasteiger partial charge on any atom is -1.00 e. The Hall–Kier alpha value is -0.877. The van der Waals surface area contributed by atoms with E-state index in [1.807, 2.05) is 33.5 Å². The minimum absolute atomic E-state index is 0. The summed E-state index contributed by atoms with van der Waals surface area (Å²) in [6.45, 7) is 16.0. The molecule has 3 aromatic carbocycles. The van der Waals surface area contributed by atoms with Gasteiger partial charge in [-0.2, -0.15) is 42.0 Å². The molecule has 41 heavy (non-hydrogen) atoms. The molecule has 0 aliphatic heterocycles. The van der Waals surface area contributed by atoms with Gasteiger partial charge in [-0.05, 0) is 28.4 Å². The molecule has 0 unspecified atom stereocenters. The van der Waals surface area contributed by atoms with Gasteiger partial charge in [0.1, 0.15) is 0 Å². The molecule has 0 nitrogen and oxygen atoms in total. The van der Waals surface area contributed by atoms with Crippen LogP contribution >= 0.6 is 0 Å². The SMILES string of the molecule is CC(C)(C)c1[c-]c2c(cc1)-c1ccc(C(C)(C)C)cc1C2.C[C](=[Zr+2])C12CC3CC(CC(C3)C1)C2.[Cl-].[Cl-].c1cc[cH-]c1. The van der Waals surface area contributed by atoms with Crippen molar-refractivity contribution in [2.75, 3.05) is 0 Å². The maximum atomic E-state index is 3.67. The van der Waals surface area contributed by atoms with Crippen molar-refractivity contribution in [2.45, 2.75) is 104 Å². The Morgan fingerprint density at radius 3 is 1.78 bits per heavy atom. The second-order valence-electron chi connectivity index (χ2n) is 15.1. The zero-order valence-electron chi connectivity index (χ0n) is 26.2. The first kappa shape index (κ1) is 34.6. The fourth-order valence-corrected chi connectivity index (χ4v) is 8.67. The molecule has 0 atom stereocenters. The van der Waals surface area contributed by atoms with E-state index in [-0.39, 0.29) is 35.6 Å². The van der Waals surface area contributed by atoms with Crippen LogP contribution in [0.4, 0.5) is 0 Å². The summed E-state index contributed by atoms with van der Waals surface area (Å²) in [5.41, 5.74) is 9.46. The second kappa shape index (κ2) is 13.4. The Balaban J connectivity index is 0.000000196. The number of benzene rings is 2. The molecule has 0 heterocycles. The van der Waals surface area contributed by atoms with Gasteiger partial charge in [-0.15, -0.1) is 11.1 Å². The molecule has 4 bridgehead atoms. The topological polar surface area (TPSA) is 0 Å². The summed E-state index contributed by atoms with van der Waals surface area (Å²) in [7, 11) is 0. The van der Waals surface area contributed by atoms with Gasteiger partial charge in [0.15, 0.2) is 0 Å². The van der Waals surface area contributed by atoms with Crippen molar-refractivity contribution in [3.63, 3.8) is 0 Å². The van der Waals surface area contributed by atoms with Crippen LogP contribution in [0.25, 0.3) is 11.1 Å². The molecule has 0 saturated heterocycles. The molecule has 5 aliphatic rings. The first-order valence-electron chi connectivity index (χ1n) is 15.3. The molecular weight excluding hydrogens is 619 g/mol. The largest absolute Gasteiger partial charge is 1.00 e. The average molecular weight is 667 g/mol. The van der Waals surface area contributed by atoms with Gasteiger partial charge in [0.05, 0.1) is 0 Å². The molecule has 0 spiro atoms. The molecule has 5 aliphatic carbocycles. The smallest absolute Gasteiger partial charge is 0.172 e. The van der Waals surface area contributed by atoms with Gasteiger partial charge in [-0.25, -0.2) is 12.1 Å². The molecule has 3 heteroatoms. The third kappa shape index (κ3) is 7.80. The van der Waals surface area contributed by atoms with Gasteiger partial charge in [-0.1, -0.05) is 65.3 Å². The van der Waals surface area contributed by atoms with Gasteiger partial charge < -0.3 is 24.8 Å². The van der Waals surface area contributed by atoms with Crippen LogP contribution in [0.3, 0.4) is 0 Å². The Morgan fingerprint density at radius 2 is 1.34 bits per heavy atom. The number of fused-ring (bicyclic) bond motifs is 3. The van der Waals surface area contributed by atoms with E-state index in [2.05, 4.69) is 84.9 Å². The molecule has 0 aromatic heterocycles. The van der Waals surface area contributed by atoms with Gasteiger partial charge in [0.2, 0.25) is 0 Å². The van der Waals surface area contributed by atoms with Crippen LogP contribution in [0.5, 0.6) is 0 Å². The Labute approximate surface area is 278 Å². The number of halogens is 2. The predicted octanol–water partition coefficient (Wildman–Crippen LogP) is 4.01. The number of hydrogen-bond acceptors (Lipinski definition) is 0. The third-order valence-corrected chi connectivity index (χ3v) is 11.2. The maximum Gasteiger partial charge on any atom is -0.172 e. The summed E-state index contributed by atoms with van der Waals surface area (Å²) >= 11 is 1.71. The van der Waals surface area contributed by atoms with Crippen molar-refractivity contribution in [2.24, 2.45) is 23.2 Å². The van der Waals surface area contributed by atoms with Crippen LogP contribution < -0.4 is 24.8 Å². The van der Waals surface area contributed by atoms with E-state index in [9.17, 15) is 0 Å². The quantitative estimate of drug-likeness (QED) is 0.270. The summed E-state index contributed by atoms with van der Waals surface area (Å²) in [5.74, 6) is 3.38. The minimum atomic E-state index is 0. The summed E-state index contributed by atoms with van der Waals surface area (Å²) in [4.78, 5) is 0. The van der Waals surface area contributed by atoms with E-state index in [0.29, 0.717) is 0 Å². The number of rotatable bonds is 1. The molecule has 4 fully saturated rings. The molecule has 3 aromatic rings. The van der Waals surface area contributed by atoms with Crippen molar-refractivity contribution >= 4 is 3.21 Å². The Bertz CT molecular complexity index is 1190. The first-order chi connectivity index (χ1) is 18.3. The van der Waals surface area contributed by atoms with E-state index in [4.69, 9.17) is 0 Å². The van der Waals surface area contributed by atoms with E-state index in [1.54, 1.807) is 62.8 Å². The summed E-state index contributed by atoms with van der Waals surface area (Å²) in [6, 6.07) is 25.2. The van der Waals surface area contributed by atoms with Crippen LogP contribution in [0, 0.1) is 29.2 Å². The van der Waals surface area contributed by atoms with Gasteiger partial charge in [-0.3, -0.25) is 0 Å². The first-order valence-corrected chi connectivity index (χ1v) is 16.5. The van der Waals surface area contributed by atoms with Gasteiger partial charge in [0, 0.05) is 0 Å². The summed E-state index contributed by atoms with van der Waals surface area (Å²) < 4.78 is 1.83. The van der Waals surface area contributed by atoms with E-state index < -0.39 is 0 Å². The van der Waals surface area contributed by atoms with Crippen LogP contribution in [-0.4, -0.2) is 3.21 Å². The van der Waals surface area contributed by atoms with Gasteiger partial charge in [0.25, 0.3) is 0 Å². The maximum absolute atomic E-state index is 3.67. The van der Waals surface area contributed by atoms with Crippen LogP contribution in [0.15, 0.2) is 60.7 Å². The van der Waals surface area contributed by atoms with Crippen molar-refractivity contribution in [3.05, 3.63) is 89.0 Å². The summed E-state index contributed by atoms with van der Waals surface area (Å²) in [5, 5.41) is 0. The van der Waals surface area contributed by atoms with E-state index in [1.165, 1.54) is 33.4 Å². The van der Waals surface area contributed by atoms with E-state index in [0.717, 1.165) is 29.6 Å². The van der Waals surface area contributed by atoms with Crippen molar-refractivity contribution < 1.29 is 49.0 Å². The fourth-order valence-electron chi connectivity index (χ4n) is 7.92. The molecular formula is C38H48Cl2Zr-2. The van der Waals surface area contributed by atoms with E-state index >= 15 is 0 Å². The average Bonchev–Trinajstić information content (AvgIpc) is 3.53. The molecule has 0 radical (unpaired) electrons. The molecule has 0 amide bonds. The fraction of sp³-hybridized carbons (Fsp3) is 0.526. The second-order valence-corrected chi connectivity index (χ2v) is 16.9. The summed E-state index contributed by atoms with van der Waals surface area (Å²) in [6.07, 6.45) is 10.5. The van der Waals surface area contributed by atoms with Crippen molar-refractivity contribution in [1.82, 2.24) is 0 Å². The zero-order valence-corrected chi connectivity index (χ0v) is 30.2. The monoisotopic (exact) mass is 664 g/mol. The molecule has 220 valence electrons. The molecule has 0 N–H and O–H groups in total. The number of hydrogen-bond donors (Lipinski definition) is 0. The zero-order chi connectivity index (χ0) is 28.0. The molecule has 4 saturated carbocycles. The normalized spacial score (nSPS) is 24.9. The van der Waals surface area contributed by atoms with Crippen LogP contribution in [0.1, 0.15) is 109 Å². The standard InChI is InChI=1S/C21H25.C12H18.C5H5.2ClH.Zr/c1-20(2,3)16-7-9-18-14(12-16)11-15-13-17(21(4,5)6)8-10-19(15)18;1-2-12-6-9-3-10(7-12)5-11(4-9)8-12;1-2-4-5-3-1;;;/h7-10,12H,11H2,1-6H3;9-11H,3-8H2,1H3;1-5H;2*1H;/q-1;;-1;;;+2/p-2. The van der Waals surface area contributed by atoms with Gasteiger partial charge >= 0.3 is 96.1 Å². The third-order valence-electron chi connectivity index (χ3n) is 9.85. The molecule has 8 rings (SSSR count). The van der Waals surface area contributed by atoms with Crippen LogP contribution in [-0.2, 0) is 41.5 Å². The van der Waals surface area contributed by atoms with Crippen LogP contribution in [0.2, 0.25) is 0 Å².